The van der Waals surface area contributed by atoms with Crippen LogP contribution in [0.25, 0.3) is 22.3 Å². The van der Waals surface area contributed by atoms with Crippen molar-refractivity contribution in [2.24, 2.45) is 0 Å². The first-order chi connectivity index (χ1) is 29.4. The molecule has 0 bridgehead atoms. The van der Waals surface area contributed by atoms with Gasteiger partial charge >= 0.3 is 5.97 Å². The van der Waals surface area contributed by atoms with Gasteiger partial charge in [0.25, 0.3) is 5.56 Å². The van der Waals surface area contributed by atoms with E-state index in [4.69, 9.17) is 40.9 Å². The zero-order valence-electron chi connectivity index (χ0n) is 33.2. The number of methoxy groups -OCH3 is 1. The first-order valence-corrected chi connectivity index (χ1v) is 20.0. The van der Waals surface area contributed by atoms with Crippen molar-refractivity contribution >= 4 is 51.6 Å². The number of nitrogens with zero attached hydrogens (tertiary/aromatic N) is 3. The molecule has 1 amide bonds. The number of para-hydroxylation sites is 1. The zero-order valence-corrected chi connectivity index (χ0v) is 34.1. The van der Waals surface area contributed by atoms with E-state index in [1.165, 1.54) is 18.0 Å². The number of ether oxygens (including phenoxy) is 5. The van der Waals surface area contributed by atoms with Gasteiger partial charge in [-0.2, -0.15) is 0 Å². The number of hydrogen-bond acceptors (Lipinski definition) is 14. The van der Waals surface area contributed by atoms with Crippen molar-refractivity contribution in [3.8, 4) is 22.9 Å². The van der Waals surface area contributed by atoms with E-state index >= 15 is 0 Å². The number of fused-ring (bicyclic) bond motifs is 5. The van der Waals surface area contributed by atoms with Gasteiger partial charge in [-0.15, -0.1) is 0 Å². The number of H-pyrrole nitrogens is 1. The van der Waals surface area contributed by atoms with Crippen molar-refractivity contribution in [3.05, 3.63) is 100 Å². The summed E-state index contributed by atoms with van der Waals surface area (Å²) in [6.45, 7) is 2.47. The standard InChI is InChI=1S/C42H43N7O11S/c1-4-42(27-15-30-33-23(13-22-7-5-6-8-28(22)47-33)18-49(30)39(55)36(27)57-19-31(42)50)60-32(51)17-44-38(54)29(14-25-16-43-20-45-25)48-41(61)46-24-9-11-26(12-10-24)59-40-35(53)37(56-3)34(52)21(2)58-40/h5-13,15-16,20-21,29,34-35,37,40,52-53H,4,14,17-19H2,1-3H3,(H,43,45)(H,44,54)(H2,46,48,61)/t21-,29-,34+,35-,37+,40+,42-/m0/s1. The molecule has 0 aliphatic carbocycles. The first kappa shape index (κ1) is 41.5. The van der Waals surface area contributed by atoms with Gasteiger partial charge in [0, 0.05) is 42.1 Å². The van der Waals surface area contributed by atoms with E-state index in [1.54, 1.807) is 50.4 Å². The van der Waals surface area contributed by atoms with E-state index in [2.05, 4.69) is 25.9 Å². The average Bonchev–Trinajstić information content (AvgIpc) is 3.90. The molecule has 0 saturated carbocycles. The van der Waals surface area contributed by atoms with Crippen molar-refractivity contribution in [3.63, 3.8) is 0 Å². The van der Waals surface area contributed by atoms with Crippen LogP contribution < -0.4 is 31.0 Å². The number of esters is 1. The van der Waals surface area contributed by atoms with Gasteiger partial charge in [-0.05, 0) is 68.0 Å². The van der Waals surface area contributed by atoms with Crippen molar-refractivity contribution in [2.75, 3.05) is 25.6 Å². The number of carbonyl (C=O) groups is 3. The smallest absolute Gasteiger partial charge is 0.326 e. The molecule has 6 N–H and O–H groups in total. The molecule has 61 heavy (non-hydrogen) atoms. The van der Waals surface area contributed by atoms with Crippen LogP contribution in [0.4, 0.5) is 5.69 Å². The number of pyridine rings is 2. The van der Waals surface area contributed by atoms with E-state index in [9.17, 15) is 29.4 Å². The van der Waals surface area contributed by atoms with Crippen LogP contribution >= 0.6 is 12.2 Å². The lowest BCUT2D eigenvalue weighted by molar-refractivity contribution is -0.272. The molecule has 3 aromatic heterocycles. The van der Waals surface area contributed by atoms with Crippen molar-refractivity contribution < 1.29 is 48.3 Å². The Morgan fingerprint density at radius 3 is 2.64 bits per heavy atom. The number of rotatable bonds is 12. The van der Waals surface area contributed by atoms with Gasteiger partial charge in [-0.1, -0.05) is 25.1 Å². The monoisotopic (exact) mass is 853 g/mol. The maximum absolute atomic E-state index is 13.9. The molecule has 0 spiro atoms. The molecule has 3 aliphatic heterocycles. The molecule has 0 radical (unpaired) electrons. The Kier molecular flexibility index (Phi) is 11.6. The highest BCUT2D eigenvalue weighted by atomic mass is 32.1. The van der Waals surface area contributed by atoms with Gasteiger partial charge in [-0.3, -0.25) is 23.7 Å². The van der Waals surface area contributed by atoms with Crippen LogP contribution in [-0.4, -0.2) is 110 Å². The van der Waals surface area contributed by atoms with Gasteiger partial charge in [0.2, 0.25) is 23.6 Å². The largest absolute Gasteiger partial charge is 0.479 e. The number of hydrogen-bond donors (Lipinski definition) is 6. The van der Waals surface area contributed by atoms with E-state index < -0.39 is 78.7 Å². The Balaban J connectivity index is 0.936. The summed E-state index contributed by atoms with van der Waals surface area (Å²) in [5.41, 5.74) is 1.52. The molecule has 19 heteroatoms. The third-order valence-electron chi connectivity index (χ3n) is 11.1. The highest BCUT2D eigenvalue weighted by molar-refractivity contribution is 7.80. The van der Waals surface area contributed by atoms with Crippen molar-refractivity contribution in [2.45, 2.75) is 75.6 Å². The van der Waals surface area contributed by atoms with Crippen LogP contribution in [0, 0.1) is 0 Å². The maximum Gasteiger partial charge on any atom is 0.326 e. The van der Waals surface area contributed by atoms with Crippen LogP contribution in [0.5, 0.6) is 11.5 Å². The lowest BCUT2D eigenvalue weighted by Crippen LogP contribution is -2.59. The second kappa shape index (κ2) is 17.0. The molecule has 318 valence electrons. The number of amides is 1. The summed E-state index contributed by atoms with van der Waals surface area (Å²) in [5, 5.41) is 30.4. The minimum Gasteiger partial charge on any atom is -0.479 e. The summed E-state index contributed by atoms with van der Waals surface area (Å²) in [6.07, 6.45) is -1.82. The fraction of sp³-hybridized carbons (Fsp3) is 0.357. The number of benzene rings is 2. The predicted molar refractivity (Wildman–Crippen MR) is 222 cm³/mol. The summed E-state index contributed by atoms with van der Waals surface area (Å²) < 4.78 is 29.9. The molecule has 5 aromatic rings. The Hall–Kier alpha value is -6.25. The third kappa shape index (κ3) is 8.05. The number of carbonyl (C=O) groups excluding carboxylic acids is 3. The number of aliphatic hydroxyl groups excluding tert-OH is 2. The molecule has 7 atom stereocenters. The quantitative estimate of drug-likeness (QED) is 0.0761. The van der Waals surface area contributed by atoms with Crippen LogP contribution in [0.2, 0.25) is 0 Å². The summed E-state index contributed by atoms with van der Waals surface area (Å²) in [5.74, 6) is -1.81. The Bertz CT molecular complexity index is 2550. The molecule has 1 fully saturated rings. The minimum absolute atomic E-state index is 0.00619. The second-order valence-electron chi connectivity index (χ2n) is 14.9. The number of anilines is 1. The molecule has 8 rings (SSSR count). The number of aromatic amines is 1. The minimum atomic E-state index is -1.86. The normalized spacial score (nSPS) is 23.2. The van der Waals surface area contributed by atoms with E-state index in [0.29, 0.717) is 28.5 Å². The highest BCUT2D eigenvalue weighted by Gasteiger charge is 2.50. The summed E-state index contributed by atoms with van der Waals surface area (Å²) in [7, 11) is 1.38. The molecule has 6 heterocycles. The Morgan fingerprint density at radius 1 is 1.11 bits per heavy atom. The summed E-state index contributed by atoms with van der Waals surface area (Å²) >= 11 is 5.55. The molecular weight excluding hydrogens is 811 g/mol. The maximum atomic E-state index is 13.9. The number of aliphatic hydroxyl groups is 2. The topological polar surface area (TPSA) is 237 Å². The fourth-order valence-electron chi connectivity index (χ4n) is 7.86. The molecule has 0 unspecified atom stereocenters. The molecule has 2 aromatic carbocycles. The molecule has 1 saturated heterocycles. The average molecular weight is 854 g/mol. The third-order valence-corrected chi connectivity index (χ3v) is 11.3. The summed E-state index contributed by atoms with van der Waals surface area (Å²) in [6, 6.07) is 16.7. The van der Waals surface area contributed by atoms with Gasteiger partial charge < -0.3 is 54.8 Å². The van der Waals surface area contributed by atoms with Crippen LogP contribution in [0.15, 0.2) is 78.0 Å². The van der Waals surface area contributed by atoms with E-state index in [1.807, 2.05) is 30.3 Å². The highest BCUT2D eigenvalue weighted by Crippen LogP contribution is 2.43. The SMILES string of the molecule is CC[C@@]1(OC(=O)CNC(=O)[C@H](Cc2cnc[nH]2)NC(=S)Nc2ccc(O[C@H]3O[C@@H](C)[C@@H](O)[C@@H](OC)[C@@H]3O)cc2)C(=O)COc2c1cc1n(c2=O)Cc2cc3ccccc3nc2-1. The zero-order chi connectivity index (χ0) is 43.0. The van der Waals surface area contributed by atoms with E-state index in [0.717, 1.165) is 16.5 Å². The number of imidazole rings is 1. The molecule has 18 nitrogen and oxygen atoms in total. The number of aromatic nitrogens is 4. The lowest BCUT2D eigenvalue weighted by atomic mass is 9.84. The summed E-state index contributed by atoms with van der Waals surface area (Å²) in [4.78, 5) is 66.6. The van der Waals surface area contributed by atoms with Gasteiger partial charge in [-0.25, -0.2) is 9.97 Å². The van der Waals surface area contributed by atoms with Gasteiger partial charge in [0.05, 0.1) is 41.4 Å². The van der Waals surface area contributed by atoms with Crippen LogP contribution in [0.3, 0.4) is 0 Å². The number of nitrogens with one attached hydrogen (secondary N) is 4. The predicted octanol–water partition coefficient (Wildman–Crippen LogP) is 1.83. The van der Waals surface area contributed by atoms with E-state index in [-0.39, 0.29) is 35.8 Å². The van der Waals surface area contributed by atoms with Crippen molar-refractivity contribution in [1.29, 1.82) is 0 Å². The lowest BCUT2D eigenvalue weighted by Gasteiger charge is -2.40. The first-order valence-electron chi connectivity index (χ1n) is 19.6. The number of Topliss-reactive ketones (excluding diaryl/α,β-unsaturated/α-hetero) is 1. The number of thiocarbonyl (C=S) groups is 1. The van der Waals surface area contributed by atoms with Crippen molar-refractivity contribution in [1.82, 2.24) is 30.2 Å². The van der Waals surface area contributed by atoms with Crippen LogP contribution in [-0.2, 0) is 47.2 Å². The molecule has 3 aliphatic rings. The van der Waals surface area contributed by atoms with Gasteiger partial charge in [0.15, 0.2) is 17.5 Å². The Morgan fingerprint density at radius 2 is 1.90 bits per heavy atom. The fourth-order valence-corrected chi connectivity index (χ4v) is 8.12. The number of ketones is 1. The molecular formula is C42H43N7O11S. The van der Waals surface area contributed by atoms with Crippen LogP contribution in [0.1, 0.15) is 37.1 Å². The second-order valence-corrected chi connectivity index (χ2v) is 15.3. The van der Waals surface area contributed by atoms with Gasteiger partial charge in [0.1, 0.15) is 36.6 Å². The Labute approximate surface area is 353 Å².